The van der Waals surface area contributed by atoms with Gasteiger partial charge in [-0.25, -0.2) is 4.79 Å². The van der Waals surface area contributed by atoms with Crippen LogP contribution in [0.1, 0.15) is 48.3 Å². The van der Waals surface area contributed by atoms with E-state index in [-0.39, 0.29) is 18.3 Å². The van der Waals surface area contributed by atoms with Gasteiger partial charge in [-0.15, -0.1) is 0 Å². The normalized spacial score (nSPS) is 18.5. The standard InChI is InChI=1S/C34H31N3O5/c1-20-31(34(39)42-19-21-9-4-6-13-28(21)37(2)40)32(25-11-8-12-26-24(25)15-16-35-26)33-27(36-20)17-22(18-29(33)38)23-10-5-7-14-30(23)41-3/h4-16,22,32,35H,17-19H2,1-3H3/p+1/t22-,32?/m1/s1. The quantitative estimate of drug-likeness (QED) is 0.202. The molecule has 0 bridgehead atoms. The number of H-pyrrole nitrogens is 1. The second kappa shape index (κ2) is 11.1. The van der Waals surface area contributed by atoms with E-state index in [1.807, 2.05) is 61.7 Å². The number of aromatic nitrogens is 1. The smallest absolute Gasteiger partial charge is 0.337 e. The molecule has 6 rings (SSSR count). The number of Topliss-reactive ketones (excluding diaryl/α,β-unsaturated/α-hetero) is 1. The summed E-state index contributed by atoms with van der Waals surface area (Å²) in [7, 11) is 3.05. The van der Waals surface area contributed by atoms with Crippen LogP contribution in [-0.4, -0.2) is 35.7 Å². The van der Waals surface area contributed by atoms with Crippen molar-refractivity contribution in [3.8, 4) is 5.75 Å². The minimum atomic E-state index is -0.614. The summed E-state index contributed by atoms with van der Waals surface area (Å²) in [5, 5.41) is 4.35. The lowest BCUT2D eigenvalue weighted by molar-refractivity contribution is -0.429. The van der Waals surface area contributed by atoms with Crippen LogP contribution in [0.25, 0.3) is 10.9 Å². The summed E-state index contributed by atoms with van der Waals surface area (Å²) in [6.45, 7) is 1.77. The molecule has 1 aliphatic carbocycles. The van der Waals surface area contributed by atoms with Gasteiger partial charge in [0.05, 0.1) is 18.2 Å². The van der Waals surface area contributed by atoms with Crippen molar-refractivity contribution >= 4 is 28.3 Å². The Hall–Kier alpha value is -4.98. The summed E-state index contributed by atoms with van der Waals surface area (Å²) < 4.78 is 12.2. The van der Waals surface area contributed by atoms with Crippen molar-refractivity contribution in [2.24, 2.45) is 0 Å². The van der Waals surface area contributed by atoms with Crippen molar-refractivity contribution in [1.29, 1.82) is 0 Å². The average Bonchev–Trinajstić information content (AvgIpc) is 3.48. The summed E-state index contributed by atoms with van der Waals surface area (Å²) in [6, 6.07) is 22.7. The molecule has 0 saturated heterocycles. The van der Waals surface area contributed by atoms with Crippen LogP contribution < -0.4 is 10.1 Å². The highest BCUT2D eigenvalue weighted by Gasteiger charge is 2.42. The number of nitrogens with one attached hydrogen (secondary N) is 2. The van der Waals surface area contributed by atoms with Crippen molar-refractivity contribution in [2.75, 3.05) is 14.2 Å². The molecule has 2 heterocycles. The Balaban J connectivity index is 1.41. The first-order chi connectivity index (χ1) is 20.4. The highest BCUT2D eigenvalue weighted by Crippen LogP contribution is 2.48. The predicted octanol–water partition coefficient (Wildman–Crippen LogP) is 6.32. The third kappa shape index (κ3) is 4.79. The number of ketones is 1. The molecule has 2 atom stereocenters. The maximum absolute atomic E-state index is 14.1. The molecule has 1 unspecified atom stereocenters. The van der Waals surface area contributed by atoms with Crippen LogP contribution in [0, 0.1) is 4.91 Å². The number of ether oxygens (including phenoxy) is 2. The maximum Gasteiger partial charge on any atom is 0.337 e. The van der Waals surface area contributed by atoms with Crippen LogP contribution in [0.5, 0.6) is 5.75 Å². The van der Waals surface area contributed by atoms with Crippen LogP contribution in [-0.2, 0) is 20.9 Å². The lowest BCUT2D eigenvalue weighted by Gasteiger charge is -2.37. The number of nitroso groups, excluding NO2 is 1. The fourth-order valence-electron chi connectivity index (χ4n) is 6.37. The molecule has 3 aromatic carbocycles. The number of para-hydroxylation sites is 2. The number of benzene rings is 3. The average molecular weight is 563 g/mol. The molecule has 0 amide bonds. The van der Waals surface area contributed by atoms with Gasteiger partial charge in [-0.1, -0.05) is 42.5 Å². The van der Waals surface area contributed by atoms with Gasteiger partial charge in [0, 0.05) is 68.1 Å². The van der Waals surface area contributed by atoms with Gasteiger partial charge < -0.3 is 19.8 Å². The highest BCUT2D eigenvalue weighted by molar-refractivity contribution is 6.05. The Labute approximate surface area is 243 Å². The van der Waals surface area contributed by atoms with Crippen LogP contribution >= 0.6 is 0 Å². The molecular formula is C34H32N3O5+. The van der Waals surface area contributed by atoms with Crippen LogP contribution in [0.4, 0.5) is 5.69 Å². The fraction of sp³-hybridized carbons (Fsp3) is 0.235. The zero-order chi connectivity index (χ0) is 29.4. The van der Waals surface area contributed by atoms with E-state index in [9.17, 15) is 14.5 Å². The molecule has 2 N–H and O–H groups in total. The first-order valence-electron chi connectivity index (χ1n) is 14.0. The van der Waals surface area contributed by atoms with Gasteiger partial charge >= 0.3 is 5.97 Å². The first-order valence-corrected chi connectivity index (χ1v) is 14.0. The van der Waals surface area contributed by atoms with E-state index < -0.39 is 11.9 Å². The Morgan fingerprint density at radius 3 is 2.55 bits per heavy atom. The van der Waals surface area contributed by atoms with E-state index in [2.05, 4.69) is 10.3 Å². The summed E-state index contributed by atoms with van der Waals surface area (Å²) >= 11 is 0. The molecule has 1 aliphatic heterocycles. The summed E-state index contributed by atoms with van der Waals surface area (Å²) in [5.41, 5.74) is 6.22. The number of rotatable bonds is 7. The first kappa shape index (κ1) is 27.2. The van der Waals surface area contributed by atoms with Gasteiger partial charge in [0.1, 0.15) is 12.4 Å². The molecular weight excluding hydrogens is 530 g/mol. The number of fused-ring (bicyclic) bond motifs is 1. The van der Waals surface area contributed by atoms with E-state index in [1.165, 1.54) is 7.05 Å². The van der Waals surface area contributed by atoms with Crippen molar-refractivity contribution in [2.45, 2.75) is 38.2 Å². The van der Waals surface area contributed by atoms with Gasteiger partial charge in [-0.2, -0.15) is 0 Å². The van der Waals surface area contributed by atoms with Gasteiger partial charge in [-0.05, 0) is 48.7 Å². The highest BCUT2D eigenvalue weighted by atomic mass is 16.5. The number of esters is 1. The Kier molecular flexibility index (Phi) is 7.20. The molecule has 0 fully saturated rings. The number of carbonyl (C=O) groups is 2. The van der Waals surface area contributed by atoms with Gasteiger partial charge in [-0.3, -0.25) is 4.79 Å². The number of hydrogen-bond donors (Lipinski definition) is 2. The Morgan fingerprint density at radius 1 is 0.976 bits per heavy atom. The second-order valence-electron chi connectivity index (χ2n) is 10.7. The van der Waals surface area contributed by atoms with Gasteiger partial charge in [0.2, 0.25) is 0 Å². The Bertz CT molecular complexity index is 1800. The molecule has 0 spiro atoms. The van der Waals surface area contributed by atoms with Crippen molar-refractivity contribution in [3.05, 3.63) is 123 Å². The fourth-order valence-corrected chi connectivity index (χ4v) is 6.37. The molecule has 0 saturated carbocycles. The topological polar surface area (TPSA) is 100 Å². The van der Waals surface area contributed by atoms with Crippen molar-refractivity contribution < 1.29 is 23.8 Å². The van der Waals surface area contributed by atoms with E-state index in [0.29, 0.717) is 40.9 Å². The molecule has 4 aromatic rings. The lowest BCUT2D eigenvalue weighted by atomic mass is 9.71. The molecule has 42 heavy (non-hydrogen) atoms. The summed E-state index contributed by atoms with van der Waals surface area (Å²) in [5.74, 6) is -0.480. The van der Waals surface area contributed by atoms with Crippen LogP contribution in [0.15, 0.2) is 102 Å². The number of aromatic amines is 1. The van der Waals surface area contributed by atoms with E-state index in [0.717, 1.165) is 38.2 Å². The minimum Gasteiger partial charge on any atom is -0.496 e. The maximum atomic E-state index is 14.1. The Morgan fingerprint density at radius 2 is 1.74 bits per heavy atom. The number of nitrogens with zero attached hydrogens (tertiary/aromatic N) is 1. The SMILES string of the molecule is COc1ccccc1[C@H]1CC(=O)C2=C(C1)NC(C)=C(C(=O)OCc1ccccc1[N+](C)=O)C2c1cccc2[nH]ccc12. The molecule has 8 nitrogen and oxygen atoms in total. The summed E-state index contributed by atoms with van der Waals surface area (Å²) in [4.78, 5) is 43.3. The van der Waals surface area contributed by atoms with Gasteiger partial charge in [0.15, 0.2) is 12.8 Å². The monoisotopic (exact) mass is 562 g/mol. The largest absolute Gasteiger partial charge is 0.496 e. The van der Waals surface area contributed by atoms with Crippen LogP contribution in [0.3, 0.4) is 0 Å². The number of methoxy groups -OCH3 is 1. The van der Waals surface area contributed by atoms with Crippen LogP contribution in [0.2, 0.25) is 0 Å². The predicted molar refractivity (Wildman–Crippen MR) is 159 cm³/mol. The van der Waals surface area contributed by atoms with E-state index in [1.54, 1.807) is 31.4 Å². The number of allylic oxidation sites excluding steroid dienone is 3. The van der Waals surface area contributed by atoms with E-state index >= 15 is 0 Å². The molecule has 1 aromatic heterocycles. The van der Waals surface area contributed by atoms with Gasteiger partial charge in [0.25, 0.3) is 5.69 Å². The summed E-state index contributed by atoms with van der Waals surface area (Å²) in [6.07, 6.45) is 2.75. The zero-order valence-electron chi connectivity index (χ0n) is 23.8. The van der Waals surface area contributed by atoms with Crippen molar-refractivity contribution in [3.63, 3.8) is 0 Å². The third-order valence-electron chi connectivity index (χ3n) is 8.26. The molecule has 212 valence electrons. The van der Waals surface area contributed by atoms with E-state index in [4.69, 9.17) is 9.47 Å². The lowest BCUT2D eigenvalue weighted by Crippen LogP contribution is -2.36. The number of dihydropyridines is 1. The molecule has 0 radical (unpaired) electrons. The molecule has 2 aliphatic rings. The third-order valence-corrected chi connectivity index (χ3v) is 8.26. The van der Waals surface area contributed by atoms with Crippen molar-refractivity contribution in [1.82, 2.24) is 10.3 Å². The second-order valence-corrected chi connectivity index (χ2v) is 10.7. The number of hydrogen-bond acceptors (Lipinski definition) is 6. The zero-order valence-corrected chi connectivity index (χ0v) is 23.8. The molecule has 8 heteroatoms. The minimum absolute atomic E-state index is 0.0201. The number of carbonyl (C=O) groups excluding carboxylic acids is 2.